The molecule has 0 N–H and O–H groups in total. The lowest BCUT2D eigenvalue weighted by Gasteiger charge is -2.11. The van der Waals surface area contributed by atoms with Crippen molar-refractivity contribution in [3.63, 3.8) is 0 Å². The number of nitrogens with zero attached hydrogens (tertiary/aromatic N) is 6. The summed E-state index contributed by atoms with van der Waals surface area (Å²) in [6.45, 7) is 0. The smallest absolute Gasteiger partial charge is 0.158 e. The molecule has 41 heavy (non-hydrogen) atoms. The van der Waals surface area contributed by atoms with Gasteiger partial charge in [0.25, 0.3) is 0 Å². The number of pyridine rings is 1. The van der Waals surface area contributed by atoms with E-state index in [-0.39, 0.29) is 0 Å². The molecule has 0 spiro atoms. The molecule has 0 unspecified atom stereocenters. The highest BCUT2D eigenvalue weighted by Crippen LogP contribution is 2.36. The van der Waals surface area contributed by atoms with Crippen molar-refractivity contribution in [2.24, 2.45) is 14.1 Å². The largest absolute Gasteiger partial charge is 0.333 e. The highest BCUT2D eigenvalue weighted by Gasteiger charge is 2.16. The fraction of sp³-hybridized carbons (Fsp3) is 0.0571. The summed E-state index contributed by atoms with van der Waals surface area (Å²) in [6.07, 6.45) is 3.74. The van der Waals surface area contributed by atoms with Gasteiger partial charge in [0.1, 0.15) is 11.5 Å². The molecule has 196 valence electrons. The van der Waals surface area contributed by atoms with Crippen LogP contribution in [0.1, 0.15) is 0 Å². The Labute approximate surface area is 236 Å². The first kappa shape index (κ1) is 23.4. The molecule has 8 aromatic rings. The molecule has 0 radical (unpaired) electrons. The van der Waals surface area contributed by atoms with Gasteiger partial charge in [0.2, 0.25) is 0 Å². The van der Waals surface area contributed by atoms with Crippen LogP contribution >= 0.6 is 0 Å². The van der Waals surface area contributed by atoms with Crippen LogP contribution in [-0.4, -0.2) is 28.7 Å². The molecular weight excluding hydrogens is 504 g/mol. The maximum atomic E-state index is 4.97. The van der Waals surface area contributed by atoms with Crippen molar-refractivity contribution in [2.75, 3.05) is 0 Å². The van der Waals surface area contributed by atoms with Crippen molar-refractivity contribution in [1.82, 2.24) is 28.7 Å². The van der Waals surface area contributed by atoms with Gasteiger partial charge in [0.15, 0.2) is 5.82 Å². The molecule has 0 aliphatic heterocycles. The fourth-order valence-corrected chi connectivity index (χ4v) is 5.93. The monoisotopic (exact) mass is 530 g/mol. The van der Waals surface area contributed by atoms with Crippen molar-refractivity contribution in [2.45, 2.75) is 0 Å². The average Bonchev–Trinajstić information content (AvgIpc) is 3.70. The maximum Gasteiger partial charge on any atom is 0.158 e. The highest BCUT2D eigenvalue weighted by molar-refractivity contribution is 6.10. The van der Waals surface area contributed by atoms with Gasteiger partial charge in [-0.2, -0.15) is 0 Å². The van der Waals surface area contributed by atoms with Gasteiger partial charge < -0.3 is 13.7 Å². The van der Waals surface area contributed by atoms with E-state index in [0.29, 0.717) is 0 Å². The maximum absolute atomic E-state index is 4.97. The molecule has 0 bridgehead atoms. The molecule has 0 fully saturated rings. The molecule has 4 heterocycles. The summed E-state index contributed by atoms with van der Waals surface area (Å²) in [5.74, 6) is 1.80. The number of aryl methyl sites for hydroxylation is 2. The summed E-state index contributed by atoms with van der Waals surface area (Å²) in [5, 5.41) is 2.43. The zero-order valence-electron chi connectivity index (χ0n) is 22.7. The minimum atomic E-state index is 0.847. The molecule has 0 amide bonds. The van der Waals surface area contributed by atoms with Crippen LogP contribution in [0.2, 0.25) is 0 Å². The minimum Gasteiger partial charge on any atom is -0.333 e. The standard InChI is InChI=1S/C35H26N6/c1-39-20-19-36-35(39)30-14-8-13-28(37-30)23-9-7-10-25(21-23)41-31-15-5-3-11-26(31)27-18-17-24(22-33(27)41)34-38-29-12-4-6-16-32(29)40(34)2/h3-22H,1-2H3. The number of hydrogen-bond donors (Lipinski definition) is 0. The van der Waals surface area contributed by atoms with Crippen LogP contribution in [-0.2, 0) is 14.1 Å². The van der Waals surface area contributed by atoms with Gasteiger partial charge in [-0.25, -0.2) is 15.0 Å². The Kier molecular flexibility index (Phi) is 5.15. The van der Waals surface area contributed by atoms with Crippen molar-refractivity contribution < 1.29 is 0 Å². The predicted octanol–water partition coefficient (Wildman–Crippen LogP) is 7.80. The zero-order valence-corrected chi connectivity index (χ0v) is 22.7. The highest BCUT2D eigenvalue weighted by atomic mass is 15.1. The third kappa shape index (κ3) is 3.68. The molecule has 4 aromatic heterocycles. The number of hydrogen-bond acceptors (Lipinski definition) is 3. The van der Waals surface area contributed by atoms with Crippen LogP contribution in [0, 0.1) is 0 Å². The van der Waals surface area contributed by atoms with E-state index < -0.39 is 0 Å². The van der Waals surface area contributed by atoms with Gasteiger partial charge >= 0.3 is 0 Å². The van der Waals surface area contributed by atoms with E-state index in [9.17, 15) is 0 Å². The molecule has 0 atom stereocenters. The van der Waals surface area contributed by atoms with Crippen LogP contribution in [0.4, 0.5) is 0 Å². The summed E-state index contributed by atoms with van der Waals surface area (Å²) in [4.78, 5) is 14.4. The van der Waals surface area contributed by atoms with Gasteiger partial charge in [0.05, 0.1) is 27.8 Å². The molecular formula is C35H26N6. The van der Waals surface area contributed by atoms with E-state index in [2.05, 4.69) is 112 Å². The summed E-state index contributed by atoms with van der Waals surface area (Å²) in [7, 11) is 4.07. The zero-order chi connectivity index (χ0) is 27.5. The van der Waals surface area contributed by atoms with E-state index in [1.54, 1.807) is 6.20 Å². The van der Waals surface area contributed by atoms with E-state index in [4.69, 9.17) is 9.97 Å². The Morgan fingerprint density at radius 2 is 1.34 bits per heavy atom. The molecule has 0 aliphatic rings. The number of fused-ring (bicyclic) bond motifs is 4. The topological polar surface area (TPSA) is 53.5 Å². The molecule has 6 nitrogen and oxygen atoms in total. The lowest BCUT2D eigenvalue weighted by Crippen LogP contribution is -1.97. The number of benzene rings is 4. The normalized spacial score (nSPS) is 11.7. The molecule has 6 heteroatoms. The van der Waals surface area contributed by atoms with Crippen molar-refractivity contribution in [3.8, 4) is 39.9 Å². The van der Waals surface area contributed by atoms with Gasteiger partial charge in [-0.1, -0.05) is 60.7 Å². The molecule has 0 aliphatic carbocycles. The van der Waals surface area contributed by atoms with Gasteiger partial charge in [-0.05, 0) is 48.5 Å². The number of rotatable bonds is 4. The summed E-state index contributed by atoms with van der Waals surface area (Å²) < 4.78 is 6.51. The van der Waals surface area contributed by atoms with E-state index in [0.717, 1.165) is 61.9 Å². The first-order valence-corrected chi connectivity index (χ1v) is 13.7. The molecule has 0 saturated carbocycles. The number of aromatic nitrogens is 6. The quantitative estimate of drug-likeness (QED) is 0.233. The third-order valence-electron chi connectivity index (χ3n) is 7.92. The van der Waals surface area contributed by atoms with Gasteiger partial charge in [-0.3, -0.25) is 0 Å². The third-order valence-corrected chi connectivity index (χ3v) is 7.92. The molecule has 4 aromatic carbocycles. The summed E-state index contributed by atoms with van der Waals surface area (Å²) >= 11 is 0. The van der Waals surface area contributed by atoms with Crippen molar-refractivity contribution in [3.05, 3.63) is 122 Å². The summed E-state index contributed by atoms with van der Waals surface area (Å²) in [6, 6.07) is 38.3. The second-order valence-corrected chi connectivity index (χ2v) is 10.4. The number of imidazole rings is 2. The van der Waals surface area contributed by atoms with E-state index in [1.807, 2.05) is 36.0 Å². The molecule has 0 saturated heterocycles. The first-order chi connectivity index (χ1) is 20.2. The van der Waals surface area contributed by atoms with Crippen LogP contribution < -0.4 is 0 Å². The second-order valence-electron chi connectivity index (χ2n) is 10.4. The summed E-state index contributed by atoms with van der Waals surface area (Å²) in [5.41, 5.74) is 9.41. The Morgan fingerprint density at radius 1 is 0.561 bits per heavy atom. The second kappa shape index (κ2) is 9.03. The molecule has 8 rings (SSSR count). The average molecular weight is 531 g/mol. The fourth-order valence-electron chi connectivity index (χ4n) is 5.93. The van der Waals surface area contributed by atoms with E-state index >= 15 is 0 Å². The van der Waals surface area contributed by atoms with E-state index in [1.165, 1.54) is 10.8 Å². The SMILES string of the molecule is Cn1ccnc1-c1cccc(-c2cccc(-n3c4ccccc4c4ccc(-c5nc6ccccc6n5C)cc43)c2)n1. The van der Waals surface area contributed by atoms with Crippen molar-refractivity contribution in [1.29, 1.82) is 0 Å². The van der Waals surface area contributed by atoms with Crippen LogP contribution in [0.15, 0.2) is 122 Å². The van der Waals surface area contributed by atoms with Crippen LogP contribution in [0.3, 0.4) is 0 Å². The van der Waals surface area contributed by atoms with Crippen LogP contribution in [0.25, 0.3) is 72.7 Å². The Morgan fingerprint density at radius 3 is 2.20 bits per heavy atom. The first-order valence-electron chi connectivity index (χ1n) is 13.7. The Balaban J connectivity index is 1.32. The van der Waals surface area contributed by atoms with Crippen molar-refractivity contribution >= 4 is 32.8 Å². The van der Waals surface area contributed by atoms with Crippen LogP contribution in [0.5, 0.6) is 0 Å². The Hall–Kier alpha value is -5.49. The predicted molar refractivity (Wildman–Crippen MR) is 166 cm³/mol. The van der Waals surface area contributed by atoms with Gasteiger partial charge in [-0.15, -0.1) is 0 Å². The lowest BCUT2D eigenvalue weighted by atomic mass is 10.1. The lowest BCUT2D eigenvalue weighted by molar-refractivity contribution is 0.918. The minimum absolute atomic E-state index is 0.847. The number of para-hydroxylation sites is 3. The van der Waals surface area contributed by atoms with Gasteiger partial charge in [0, 0.05) is 54.1 Å². The Bertz CT molecular complexity index is 2250.